The molecule has 2 amide bonds. The molecule has 3 aromatic carbocycles. The molecule has 1 heterocycles. The Balaban J connectivity index is 0.00000216. The Bertz CT molecular complexity index is 1440. The lowest BCUT2D eigenvalue weighted by atomic mass is 10.1. The number of hydrogen-bond donors (Lipinski definition) is 3. The molecule has 0 bridgehead atoms. The summed E-state index contributed by atoms with van der Waals surface area (Å²) >= 11 is 12.3. The molecule has 3 N–H and O–H groups in total. The van der Waals surface area contributed by atoms with Gasteiger partial charge >= 0.3 is 0 Å². The number of aromatic amines is 1. The van der Waals surface area contributed by atoms with Crippen LogP contribution in [0, 0.1) is 0 Å². The molecular formula is C31H32Cl2N4O3. The van der Waals surface area contributed by atoms with Gasteiger partial charge in [-0.2, -0.15) is 0 Å². The maximum absolute atomic E-state index is 12.6. The van der Waals surface area contributed by atoms with Crippen molar-refractivity contribution in [3.05, 3.63) is 105 Å². The molecule has 0 aliphatic rings. The first kappa shape index (κ1) is 30.5. The van der Waals surface area contributed by atoms with E-state index in [1.807, 2.05) is 45.1 Å². The highest BCUT2D eigenvalue weighted by atomic mass is 35.5. The molecule has 208 valence electrons. The largest absolute Gasteiger partial charge is 0.497 e. The van der Waals surface area contributed by atoms with Crippen LogP contribution in [0.1, 0.15) is 52.9 Å². The SMILES string of the molecule is CC.CCc1[nH]c(-c2ccc(NC(=O)c3c(Cl)cccc3Cl)cc2)nc1/C=C\CNC(=O)c1ccc(OC)cc1. The van der Waals surface area contributed by atoms with Crippen LogP contribution >= 0.6 is 23.2 Å². The summed E-state index contributed by atoms with van der Waals surface area (Å²) in [6.45, 7) is 6.40. The molecule has 4 aromatic rings. The molecule has 0 saturated carbocycles. The van der Waals surface area contributed by atoms with E-state index in [1.54, 1.807) is 61.7 Å². The van der Waals surface area contributed by atoms with Crippen molar-refractivity contribution in [3.63, 3.8) is 0 Å². The average molecular weight is 580 g/mol. The van der Waals surface area contributed by atoms with E-state index in [4.69, 9.17) is 32.9 Å². The molecular weight excluding hydrogens is 547 g/mol. The molecule has 0 atom stereocenters. The minimum atomic E-state index is -0.383. The van der Waals surface area contributed by atoms with Gasteiger partial charge in [-0.15, -0.1) is 0 Å². The van der Waals surface area contributed by atoms with E-state index >= 15 is 0 Å². The van der Waals surface area contributed by atoms with Gasteiger partial charge in [-0.3, -0.25) is 9.59 Å². The smallest absolute Gasteiger partial charge is 0.258 e. The average Bonchev–Trinajstić information content (AvgIpc) is 3.40. The summed E-state index contributed by atoms with van der Waals surface area (Å²) < 4.78 is 5.12. The molecule has 0 aliphatic carbocycles. The van der Waals surface area contributed by atoms with Gasteiger partial charge < -0.3 is 20.4 Å². The number of rotatable bonds is 9. The van der Waals surface area contributed by atoms with Gasteiger partial charge in [-0.05, 0) is 73.2 Å². The number of hydrogen-bond acceptors (Lipinski definition) is 4. The Hall–Kier alpha value is -4.07. The zero-order valence-corrected chi connectivity index (χ0v) is 24.4. The van der Waals surface area contributed by atoms with E-state index in [0.717, 1.165) is 23.4 Å². The van der Waals surface area contributed by atoms with E-state index in [0.29, 0.717) is 29.4 Å². The molecule has 0 radical (unpaired) electrons. The second kappa shape index (κ2) is 14.9. The lowest BCUT2D eigenvalue weighted by Gasteiger charge is -2.09. The monoisotopic (exact) mass is 578 g/mol. The molecule has 0 unspecified atom stereocenters. The Morgan fingerprint density at radius 1 is 0.950 bits per heavy atom. The van der Waals surface area contributed by atoms with E-state index in [2.05, 4.69) is 15.6 Å². The number of nitrogens with one attached hydrogen (secondary N) is 3. The highest BCUT2D eigenvalue weighted by molar-refractivity contribution is 6.40. The molecule has 4 rings (SSSR count). The maximum Gasteiger partial charge on any atom is 0.258 e. The fraction of sp³-hybridized carbons (Fsp3) is 0.194. The normalized spacial score (nSPS) is 10.6. The number of halogens is 2. The first-order valence-corrected chi connectivity index (χ1v) is 13.7. The fourth-order valence-corrected chi connectivity index (χ4v) is 4.32. The summed E-state index contributed by atoms with van der Waals surface area (Å²) in [5, 5.41) is 6.26. The summed E-state index contributed by atoms with van der Waals surface area (Å²) in [7, 11) is 1.58. The number of aromatic nitrogens is 2. The van der Waals surface area contributed by atoms with Crippen LogP contribution in [-0.2, 0) is 6.42 Å². The second-order valence-corrected chi connectivity index (χ2v) is 9.09. The van der Waals surface area contributed by atoms with Crippen LogP contribution in [0.4, 0.5) is 5.69 Å². The minimum Gasteiger partial charge on any atom is -0.497 e. The number of benzene rings is 3. The van der Waals surface area contributed by atoms with Gasteiger partial charge in [0.25, 0.3) is 11.8 Å². The number of imidazole rings is 1. The van der Waals surface area contributed by atoms with E-state index < -0.39 is 0 Å². The third-order valence-electron chi connectivity index (χ3n) is 5.78. The first-order chi connectivity index (χ1) is 19.4. The zero-order chi connectivity index (χ0) is 29.1. The van der Waals surface area contributed by atoms with Crippen LogP contribution in [0.2, 0.25) is 10.0 Å². The van der Waals surface area contributed by atoms with Gasteiger partial charge in [-0.25, -0.2) is 4.98 Å². The number of carbonyl (C=O) groups is 2. The van der Waals surface area contributed by atoms with Gasteiger partial charge in [0.2, 0.25) is 0 Å². The van der Waals surface area contributed by atoms with Crippen molar-refractivity contribution in [3.8, 4) is 17.1 Å². The molecule has 0 fully saturated rings. The van der Waals surface area contributed by atoms with Crippen LogP contribution in [0.15, 0.2) is 72.8 Å². The summed E-state index contributed by atoms with van der Waals surface area (Å²) in [6, 6.07) is 19.2. The van der Waals surface area contributed by atoms with E-state index in [-0.39, 0.29) is 27.4 Å². The summed E-state index contributed by atoms with van der Waals surface area (Å²) in [4.78, 5) is 33.0. The summed E-state index contributed by atoms with van der Waals surface area (Å²) in [6.07, 6.45) is 4.51. The van der Waals surface area contributed by atoms with Crippen LogP contribution in [0.5, 0.6) is 5.75 Å². The van der Waals surface area contributed by atoms with Crippen LogP contribution in [0.3, 0.4) is 0 Å². The summed E-state index contributed by atoms with van der Waals surface area (Å²) in [5.41, 5.74) is 4.03. The second-order valence-electron chi connectivity index (χ2n) is 8.27. The van der Waals surface area contributed by atoms with Crippen molar-refractivity contribution in [2.75, 3.05) is 19.0 Å². The Morgan fingerprint density at radius 2 is 1.60 bits per heavy atom. The number of nitrogens with zero attached hydrogens (tertiary/aromatic N) is 1. The van der Waals surface area contributed by atoms with Gasteiger partial charge in [-0.1, -0.05) is 56.1 Å². The van der Waals surface area contributed by atoms with E-state index in [9.17, 15) is 9.59 Å². The number of carbonyl (C=O) groups excluding carboxylic acids is 2. The Labute approximate surface area is 244 Å². The number of amides is 2. The molecule has 0 saturated heterocycles. The van der Waals surface area contributed by atoms with E-state index in [1.165, 1.54) is 0 Å². The number of aryl methyl sites for hydroxylation is 1. The highest BCUT2D eigenvalue weighted by Crippen LogP contribution is 2.26. The molecule has 1 aromatic heterocycles. The zero-order valence-electron chi connectivity index (χ0n) is 22.8. The van der Waals surface area contributed by atoms with Crippen molar-refractivity contribution < 1.29 is 14.3 Å². The van der Waals surface area contributed by atoms with Crippen LogP contribution in [0.25, 0.3) is 17.5 Å². The standard InChI is InChI=1S/C29H26Cl2N4O3.C2H6/c1-3-24-25(8-5-17-32-28(36)19-11-15-21(38-2)16-12-19)35-27(34-24)18-9-13-20(14-10-18)33-29(37)26-22(30)6-4-7-23(26)31;1-2/h4-16H,3,17H2,1-2H3,(H,32,36)(H,33,37)(H,34,35);1-2H3/b8-5-;. The predicted molar refractivity (Wildman–Crippen MR) is 164 cm³/mol. The Morgan fingerprint density at radius 3 is 2.20 bits per heavy atom. The number of methoxy groups -OCH3 is 1. The molecule has 0 spiro atoms. The van der Waals surface area contributed by atoms with Crippen molar-refractivity contribution in [2.45, 2.75) is 27.2 Å². The van der Waals surface area contributed by atoms with Crippen molar-refractivity contribution >= 4 is 46.8 Å². The van der Waals surface area contributed by atoms with Gasteiger partial charge in [0.1, 0.15) is 11.6 Å². The fourth-order valence-electron chi connectivity index (χ4n) is 3.75. The quantitative estimate of drug-likeness (QED) is 0.190. The summed E-state index contributed by atoms with van der Waals surface area (Å²) in [5.74, 6) is 0.853. The lowest BCUT2D eigenvalue weighted by molar-refractivity contribution is 0.0957. The third-order valence-corrected chi connectivity index (χ3v) is 6.41. The van der Waals surface area contributed by atoms with Crippen molar-refractivity contribution in [1.82, 2.24) is 15.3 Å². The molecule has 7 nitrogen and oxygen atoms in total. The van der Waals surface area contributed by atoms with Crippen molar-refractivity contribution in [2.24, 2.45) is 0 Å². The topological polar surface area (TPSA) is 96.1 Å². The minimum absolute atomic E-state index is 0.167. The molecule has 40 heavy (non-hydrogen) atoms. The van der Waals surface area contributed by atoms with Crippen molar-refractivity contribution in [1.29, 1.82) is 0 Å². The van der Waals surface area contributed by atoms with Gasteiger partial charge in [0, 0.05) is 29.1 Å². The number of H-pyrrole nitrogens is 1. The van der Waals surface area contributed by atoms with Crippen LogP contribution in [-0.4, -0.2) is 35.4 Å². The predicted octanol–water partition coefficient (Wildman–Crippen LogP) is 7.68. The maximum atomic E-state index is 12.6. The van der Waals surface area contributed by atoms with Gasteiger partial charge in [0.05, 0.1) is 28.4 Å². The van der Waals surface area contributed by atoms with Gasteiger partial charge in [0.15, 0.2) is 0 Å². The molecule has 0 aliphatic heterocycles. The first-order valence-electron chi connectivity index (χ1n) is 12.9. The number of ether oxygens (including phenoxy) is 1. The Kier molecular flexibility index (Phi) is 11.4. The third kappa shape index (κ3) is 7.74. The van der Waals surface area contributed by atoms with Crippen LogP contribution < -0.4 is 15.4 Å². The highest BCUT2D eigenvalue weighted by Gasteiger charge is 2.15. The number of anilines is 1. The molecule has 9 heteroatoms. The lowest BCUT2D eigenvalue weighted by Crippen LogP contribution is -2.23.